The molecule has 1 nitrogen and oxygen atoms in total. The summed E-state index contributed by atoms with van der Waals surface area (Å²) in [6.07, 6.45) is 3.63. The number of nitrogens with one attached hydrogen (secondary N) is 1. The Balaban J connectivity index is 2.38. The van der Waals surface area contributed by atoms with E-state index in [9.17, 15) is 0 Å². The molecule has 0 saturated carbocycles. The summed E-state index contributed by atoms with van der Waals surface area (Å²) in [5.74, 6) is 1.17. The van der Waals surface area contributed by atoms with E-state index >= 15 is 0 Å². The van der Waals surface area contributed by atoms with Crippen molar-refractivity contribution in [3.63, 3.8) is 0 Å². The number of thiocarbonyl (C=S) groups is 1. The lowest BCUT2D eigenvalue weighted by Gasteiger charge is -2.37. The molecular weight excluding hydrogens is 270 g/mol. The van der Waals surface area contributed by atoms with Crippen LogP contribution in [0.3, 0.4) is 0 Å². The van der Waals surface area contributed by atoms with Gasteiger partial charge in [-0.2, -0.15) is 0 Å². The number of halogens is 1. The van der Waals surface area contributed by atoms with E-state index < -0.39 is 0 Å². The van der Waals surface area contributed by atoms with E-state index in [1.165, 1.54) is 24.2 Å². The third kappa shape index (κ3) is 2.61. The van der Waals surface area contributed by atoms with Crippen LogP contribution in [-0.4, -0.2) is 17.8 Å². The van der Waals surface area contributed by atoms with Crippen LogP contribution in [-0.2, 0) is 4.75 Å². The van der Waals surface area contributed by atoms with Crippen molar-refractivity contribution in [3.8, 4) is 0 Å². The zero-order valence-corrected chi connectivity index (χ0v) is 12.2. The van der Waals surface area contributed by atoms with Crippen molar-refractivity contribution >= 4 is 40.6 Å². The summed E-state index contributed by atoms with van der Waals surface area (Å²) >= 11 is 13.4. The van der Waals surface area contributed by atoms with Crippen molar-refractivity contribution in [1.29, 1.82) is 0 Å². The Morgan fingerprint density at radius 3 is 2.59 bits per heavy atom. The van der Waals surface area contributed by atoms with E-state index in [4.69, 9.17) is 23.8 Å². The summed E-state index contributed by atoms with van der Waals surface area (Å²) in [4.78, 5) is 0.935. The molecule has 0 aliphatic carbocycles. The van der Waals surface area contributed by atoms with Crippen molar-refractivity contribution < 1.29 is 0 Å². The van der Waals surface area contributed by atoms with Crippen molar-refractivity contribution in [3.05, 3.63) is 34.9 Å². The van der Waals surface area contributed by atoms with Gasteiger partial charge in [-0.25, -0.2) is 0 Å². The van der Waals surface area contributed by atoms with Crippen LogP contribution in [0, 0.1) is 0 Å². The standard InChI is InChI=1S/C13H16ClNS2/c1-15-12(16)13(8-2-3-9-17-13)10-4-6-11(14)7-5-10/h4-7H,2-3,8-9H2,1H3,(H,15,16). The fraction of sp³-hybridized carbons (Fsp3) is 0.462. The summed E-state index contributed by atoms with van der Waals surface area (Å²) in [5.41, 5.74) is 1.27. The molecule has 1 N–H and O–H groups in total. The maximum atomic E-state index is 5.95. The number of rotatable bonds is 2. The Bertz CT molecular complexity index is 396. The molecule has 1 aliphatic rings. The molecule has 2 rings (SSSR count). The molecule has 0 amide bonds. The highest BCUT2D eigenvalue weighted by Gasteiger charge is 2.38. The minimum atomic E-state index is -0.0487. The Morgan fingerprint density at radius 2 is 2.06 bits per heavy atom. The van der Waals surface area contributed by atoms with Crippen LogP contribution in [0.25, 0.3) is 0 Å². The minimum Gasteiger partial charge on any atom is -0.381 e. The molecular formula is C13H16ClNS2. The Kier molecular flexibility index (Phi) is 4.34. The average molecular weight is 286 g/mol. The van der Waals surface area contributed by atoms with Crippen LogP contribution in [0.2, 0.25) is 5.02 Å². The number of thioether (sulfide) groups is 1. The van der Waals surface area contributed by atoms with Gasteiger partial charge in [0.2, 0.25) is 0 Å². The Labute approximate surface area is 117 Å². The molecule has 0 aromatic heterocycles. The first kappa shape index (κ1) is 13.2. The molecule has 17 heavy (non-hydrogen) atoms. The summed E-state index contributed by atoms with van der Waals surface area (Å²) in [6.45, 7) is 0. The molecule has 1 aliphatic heterocycles. The first-order valence-electron chi connectivity index (χ1n) is 5.81. The van der Waals surface area contributed by atoms with E-state index in [1.807, 2.05) is 30.9 Å². The monoisotopic (exact) mass is 285 g/mol. The number of hydrogen-bond donors (Lipinski definition) is 1. The van der Waals surface area contributed by atoms with Crippen molar-refractivity contribution in [2.45, 2.75) is 24.0 Å². The van der Waals surface area contributed by atoms with Crippen LogP contribution in [0.4, 0.5) is 0 Å². The smallest absolute Gasteiger partial charge is 0.0959 e. The lowest BCUT2D eigenvalue weighted by atomic mass is 9.91. The van der Waals surface area contributed by atoms with E-state index in [-0.39, 0.29) is 4.75 Å². The van der Waals surface area contributed by atoms with Gasteiger partial charge in [0.05, 0.1) is 9.74 Å². The maximum absolute atomic E-state index is 5.95. The number of likely N-dealkylation sites (N-methyl/N-ethyl adjacent to an activating group) is 1. The quantitative estimate of drug-likeness (QED) is 0.825. The topological polar surface area (TPSA) is 12.0 Å². The summed E-state index contributed by atoms with van der Waals surface area (Å²) in [6, 6.07) is 8.10. The van der Waals surface area contributed by atoms with Gasteiger partial charge in [0, 0.05) is 12.1 Å². The third-order valence-electron chi connectivity index (χ3n) is 3.18. The van der Waals surface area contributed by atoms with Crippen LogP contribution in [0.5, 0.6) is 0 Å². The van der Waals surface area contributed by atoms with E-state index in [0.717, 1.165) is 16.4 Å². The van der Waals surface area contributed by atoms with E-state index in [1.54, 1.807) is 0 Å². The van der Waals surface area contributed by atoms with Gasteiger partial charge >= 0.3 is 0 Å². The van der Waals surface area contributed by atoms with Gasteiger partial charge in [0.15, 0.2) is 0 Å². The highest BCUT2D eigenvalue weighted by molar-refractivity contribution is 8.02. The second-order valence-electron chi connectivity index (χ2n) is 4.22. The largest absolute Gasteiger partial charge is 0.381 e. The van der Waals surface area contributed by atoms with Crippen LogP contribution < -0.4 is 5.32 Å². The number of benzene rings is 1. The molecule has 1 atom stereocenters. The van der Waals surface area contributed by atoms with Crippen LogP contribution >= 0.6 is 35.6 Å². The highest BCUT2D eigenvalue weighted by Crippen LogP contribution is 2.45. The van der Waals surface area contributed by atoms with E-state index in [0.29, 0.717) is 0 Å². The molecule has 1 unspecified atom stereocenters. The molecule has 1 heterocycles. The molecule has 0 radical (unpaired) electrons. The first-order chi connectivity index (χ1) is 8.19. The maximum Gasteiger partial charge on any atom is 0.0959 e. The highest BCUT2D eigenvalue weighted by atomic mass is 35.5. The predicted octanol–water partition coefficient (Wildman–Crippen LogP) is 4.00. The third-order valence-corrected chi connectivity index (χ3v) is 5.74. The van der Waals surface area contributed by atoms with Crippen molar-refractivity contribution in [2.24, 2.45) is 0 Å². The second-order valence-corrected chi connectivity index (χ2v) is 6.46. The molecule has 0 bridgehead atoms. The predicted molar refractivity (Wildman–Crippen MR) is 81.1 cm³/mol. The van der Waals surface area contributed by atoms with Gasteiger partial charge < -0.3 is 5.32 Å². The fourth-order valence-corrected chi connectivity index (χ4v) is 4.30. The van der Waals surface area contributed by atoms with Crippen LogP contribution in [0.1, 0.15) is 24.8 Å². The molecule has 1 aromatic carbocycles. The molecule has 1 fully saturated rings. The lowest BCUT2D eigenvalue weighted by molar-refractivity contribution is 0.622. The molecule has 1 aromatic rings. The number of hydrogen-bond acceptors (Lipinski definition) is 2. The van der Waals surface area contributed by atoms with Gasteiger partial charge in [0.25, 0.3) is 0 Å². The van der Waals surface area contributed by atoms with Gasteiger partial charge in [-0.05, 0) is 36.3 Å². The van der Waals surface area contributed by atoms with Gasteiger partial charge in [0.1, 0.15) is 0 Å². The van der Waals surface area contributed by atoms with Gasteiger partial charge in [-0.15, -0.1) is 11.8 Å². The fourth-order valence-electron chi connectivity index (χ4n) is 2.25. The Morgan fingerprint density at radius 1 is 1.35 bits per heavy atom. The molecule has 92 valence electrons. The normalized spacial score (nSPS) is 24.4. The zero-order valence-electron chi connectivity index (χ0n) is 9.83. The van der Waals surface area contributed by atoms with Crippen molar-refractivity contribution in [2.75, 3.05) is 12.8 Å². The zero-order chi connectivity index (χ0) is 12.3. The van der Waals surface area contributed by atoms with Gasteiger partial charge in [-0.3, -0.25) is 0 Å². The van der Waals surface area contributed by atoms with Crippen LogP contribution in [0.15, 0.2) is 24.3 Å². The first-order valence-corrected chi connectivity index (χ1v) is 7.58. The molecule has 4 heteroatoms. The molecule has 1 saturated heterocycles. The average Bonchev–Trinajstić information content (AvgIpc) is 2.39. The summed E-state index contributed by atoms with van der Waals surface area (Å²) < 4.78 is -0.0487. The minimum absolute atomic E-state index is 0.0487. The van der Waals surface area contributed by atoms with Gasteiger partial charge in [-0.1, -0.05) is 42.4 Å². The second kappa shape index (κ2) is 5.59. The Hall–Kier alpha value is -0.250. The summed E-state index contributed by atoms with van der Waals surface area (Å²) in [7, 11) is 1.91. The van der Waals surface area contributed by atoms with E-state index in [2.05, 4.69) is 17.4 Å². The van der Waals surface area contributed by atoms with Crippen molar-refractivity contribution in [1.82, 2.24) is 5.32 Å². The molecule has 0 spiro atoms. The summed E-state index contributed by atoms with van der Waals surface area (Å²) in [5, 5.41) is 3.94. The SMILES string of the molecule is CNC(=S)C1(c2ccc(Cl)cc2)CCCCS1. The lowest BCUT2D eigenvalue weighted by Crippen LogP contribution is -2.40.